The van der Waals surface area contributed by atoms with Crippen LogP contribution in [0.1, 0.15) is 102 Å². The Morgan fingerprint density at radius 3 is 2.47 bits per heavy atom. The van der Waals surface area contributed by atoms with Gasteiger partial charge in [-0.25, -0.2) is 9.97 Å². The van der Waals surface area contributed by atoms with Crippen molar-refractivity contribution in [3.05, 3.63) is 52.6 Å². The van der Waals surface area contributed by atoms with Gasteiger partial charge in [-0.3, -0.25) is 4.79 Å². The van der Waals surface area contributed by atoms with Crippen molar-refractivity contribution >= 4 is 5.97 Å². The van der Waals surface area contributed by atoms with E-state index in [9.17, 15) is 4.79 Å². The fourth-order valence-corrected chi connectivity index (χ4v) is 4.79. The molecule has 0 fully saturated rings. The first-order valence-electron chi connectivity index (χ1n) is 12.5. The number of aromatic nitrogens is 2. The van der Waals surface area contributed by atoms with Gasteiger partial charge in [0.1, 0.15) is 23.6 Å². The number of esters is 1. The van der Waals surface area contributed by atoms with Crippen molar-refractivity contribution in [3.8, 4) is 17.6 Å². The second kappa shape index (κ2) is 11.0. The zero-order valence-corrected chi connectivity index (χ0v) is 21.6. The second-order valence-corrected chi connectivity index (χ2v) is 10.4. The van der Waals surface area contributed by atoms with E-state index in [1.165, 1.54) is 30.4 Å². The van der Waals surface area contributed by atoms with E-state index in [0.29, 0.717) is 12.4 Å². The summed E-state index contributed by atoms with van der Waals surface area (Å²) in [4.78, 5) is 20.2. The van der Waals surface area contributed by atoms with Crippen LogP contribution in [0.3, 0.4) is 0 Å². The van der Waals surface area contributed by atoms with Crippen LogP contribution in [0.4, 0.5) is 0 Å². The maximum absolute atomic E-state index is 11.6. The Hall–Kier alpha value is -2.87. The van der Waals surface area contributed by atoms with Crippen LogP contribution in [0, 0.1) is 11.8 Å². The minimum atomic E-state index is -0.323. The SMILES string of the molecule is CCCCCCc1cc2c(cc1C#Cc1cnc(CC(=O)OCC)nc1)C(C)(C)CC(C)(C)O2. The Bertz CT molecular complexity index is 1060. The summed E-state index contributed by atoms with van der Waals surface area (Å²) in [6.07, 6.45) is 10.2. The van der Waals surface area contributed by atoms with Crippen molar-refractivity contribution < 1.29 is 14.3 Å². The van der Waals surface area contributed by atoms with Gasteiger partial charge in [-0.05, 0) is 63.1 Å². The molecule has 0 amide bonds. The molecule has 1 aromatic heterocycles. The molecule has 0 bridgehead atoms. The van der Waals surface area contributed by atoms with E-state index in [0.717, 1.165) is 36.1 Å². The molecule has 0 unspecified atom stereocenters. The standard InChI is InChI=1S/C29H38N2O3/c1-7-9-10-11-12-22-16-25-24(28(3,4)20-29(5,6)34-25)15-23(22)14-13-21-18-30-26(31-19-21)17-27(32)33-8-2/h15-16,18-19H,7-12,17,20H2,1-6H3. The van der Waals surface area contributed by atoms with E-state index < -0.39 is 0 Å². The van der Waals surface area contributed by atoms with Crippen LogP contribution in [-0.4, -0.2) is 28.1 Å². The molecule has 0 radical (unpaired) electrons. The Morgan fingerprint density at radius 2 is 1.79 bits per heavy atom. The minimum Gasteiger partial charge on any atom is -0.488 e. The molecule has 0 saturated carbocycles. The Kier molecular flexibility index (Phi) is 8.36. The second-order valence-electron chi connectivity index (χ2n) is 10.4. The van der Waals surface area contributed by atoms with Crippen LogP contribution in [-0.2, 0) is 27.8 Å². The van der Waals surface area contributed by atoms with Crippen molar-refractivity contribution in [1.82, 2.24) is 9.97 Å². The Labute approximate surface area is 204 Å². The molecule has 0 saturated heterocycles. The van der Waals surface area contributed by atoms with Crippen LogP contribution in [0.2, 0.25) is 0 Å². The lowest BCUT2D eigenvalue weighted by atomic mass is 9.73. The van der Waals surface area contributed by atoms with Crippen LogP contribution in [0.5, 0.6) is 5.75 Å². The number of nitrogens with zero attached hydrogens (tertiary/aromatic N) is 2. The van der Waals surface area contributed by atoms with Gasteiger partial charge in [-0.1, -0.05) is 51.9 Å². The number of ether oxygens (including phenoxy) is 2. The van der Waals surface area contributed by atoms with Gasteiger partial charge in [0.2, 0.25) is 0 Å². The fraction of sp³-hybridized carbons (Fsp3) is 0.552. The summed E-state index contributed by atoms with van der Waals surface area (Å²) < 4.78 is 11.4. The van der Waals surface area contributed by atoms with E-state index >= 15 is 0 Å². The Balaban J connectivity index is 1.89. The third kappa shape index (κ3) is 6.82. The van der Waals surface area contributed by atoms with E-state index in [4.69, 9.17) is 9.47 Å². The summed E-state index contributed by atoms with van der Waals surface area (Å²) in [5, 5.41) is 0. The molecule has 0 spiro atoms. The average Bonchev–Trinajstić information content (AvgIpc) is 2.75. The van der Waals surface area contributed by atoms with Crippen molar-refractivity contribution in [3.63, 3.8) is 0 Å². The number of hydrogen-bond donors (Lipinski definition) is 0. The molecule has 1 aliphatic heterocycles. The highest BCUT2D eigenvalue weighted by atomic mass is 16.5. The number of carbonyl (C=O) groups excluding carboxylic acids is 1. The first-order valence-corrected chi connectivity index (χ1v) is 12.5. The number of carbonyl (C=O) groups is 1. The van der Waals surface area contributed by atoms with Crippen LogP contribution in [0.15, 0.2) is 24.5 Å². The summed E-state index contributed by atoms with van der Waals surface area (Å²) in [6.45, 7) is 13.3. The molecule has 1 aromatic carbocycles. The molecule has 0 aliphatic carbocycles. The van der Waals surface area contributed by atoms with Crippen molar-refractivity contribution in [2.45, 2.75) is 97.5 Å². The summed E-state index contributed by atoms with van der Waals surface area (Å²) in [7, 11) is 0. The Morgan fingerprint density at radius 1 is 1.06 bits per heavy atom. The van der Waals surface area contributed by atoms with Crippen molar-refractivity contribution in [1.29, 1.82) is 0 Å². The monoisotopic (exact) mass is 462 g/mol. The third-order valence-electron chi connectivity index (χ3n) is 6.14. The average molecular weight is 463 g/mol. The number of aryl methyl sites for hydroxylation is 1. The summed E-state index contributed by atoms with van der Waals surface area (Å²) in [6, 6.07) is 4.44. The molecule has 2 aromatic rings. The largest absolute Gasteiger partial charge is 0.488 e. The number of rotatable bonds is 8. The molecule has 5 nitrogen and oxygen atoms in total. The normalized spacial score (nSPS) is 15.5. The molecule has 182 valence electrons. The smallest absolute Gasteiger partial charge is 0.313 e. The maximum Gasteiger partial charge on any atom is 0.313 e. The molecule has 1 aliphatic rings. The molecule has 5 heteroatoms. The third-order valence-corrected chi connectivity index (χ3v) is 6.14. The minimum absolute atomic E-state index is 0.00606. The van der Waals surface area contributed by atoms with E-state index in [-0.39, 0.29) is 23.4 Å². The van der Waals surface area contributed by atoms with Gasteiger partial charge < -0.3 is 9.47 Å². The van der Waals surface area contributed by atoms with Gasteiger partial charge in [0, 0.05) is 23.5 Å². The highest BCUT2D eigenvalue weighted by molar-refractivity contribution is 5.71. The van der Waals surface area contributed by atoms with Gasteiger partial charge in [-0.2, -0.15) is 0 Å². The predicted molar refractivity (Wildman–Crippen MR) is 135 cm³/mol. The van der Waals surface area contributed by atoms with Crippen molar-refractivity contribution in [2.24, 2.45) is 0 Å². The van der Waals surface area contributed by atoms with Crippen LogP contribution < -0.4 is 4.74 Å². The summed E-state index contributed by atoms with van der Waals surface area (Å²) >= 11 is 0. The van der Waals surface area contributed by atoms with Gasteiger partial charge in [0.25, 0.3) is 0 Å². The molecule has 34 heavy (non-hydrogen) atoms. The molecule has 3 rings (SSSR count). The first kappa shape index (κ1) is 25.7. The quantitative estimate of drug-likeness (QED) is 0.276. The number of benzene rings is 1. The lowest BCUT2D eigenvalue weighted by molar-refractivity contribution is -0.142. The summed E-state index contributed by atoms with van der Waals surface area (Å²) in [5.74, 6) is 7.72. The van der Waals surface area contributed by atoms with E-state index in [2.05, 4.69) is 68.6 Å². The van der Waals surface area contributed by atoms with Crippen LogP contribution in [0.25, 0.3) is 0 Å². The van der Waals surface area contributed by atoms with Gasteiger partial charge >= 0.3 is 5.97 Å². The number of unbranched alkanes of at least 4 members (excludes halogenated alkanes) is 3. The number of hydrogen-bond acceptors (Lipinski definition) is 5. The van der Waals surface area contributed by atoms with Gasteiger partial charge in [0.15, 0.2) is 0 Å². The lowest BCUT2D eigenvalue weighted by Gasteiger charge is -2.42. The highest BCUT2D eigenvalue weighted by Crippen LogP contribution is 2.45. The van der Waals surface area contributed by atoms with E-state index in [1.807, 2.05) is 0 Å². The topological polar surface area (TPSA) is 61.3 Å². The highest BCUT2D eigenvalue weighted by Gasteiger charge is 2.39. The molecular formula is C29H38N2O3. The zero-order chi connectivity index (χ0) is 24.8. The van der Waals surface area contributed by atoms with Gasteiger partial charge in [-0.15, -0.1) is 0 Å². The lowest BCUT2D eigenvalue weighted by Crippen LogP contribution is -2.41. The molecular weight excluding hydrogens is 424 g/mol. The van der Waals surface area contributed by atoms with E-state index in [1.54, 1.807) is 19.3 Å². The van der Waals surface area contributed by atoms with Crippen LogP contribution >= 0.6 is 0 Å². The first-order chi connectivity index (χ1) is 16.1. The predicted octanol–water partition coefficient (Wildman–Crippen LogP) is 5.94. The maximum atomic E-state index is 11.6. The fourth-order valence-electron chi connectivity index (χ4n) is 4.79. The number of fused-ring (bicyclic) bond motifs is 1. The van der Waals surface area contributed by atoms with Gasteiger partial charge in [0.05, 0.1) is 12.2 Å². The van der Waals surface area contributed by atoms with Crippen molar-refractivity contribution in [2.75, 3.05) is 6.61 Å². The zero-order valence-electron chi connectivity index (χ0n) is 21.6. The summed E-state index contributed by atoms with van der Waals surface area (Å²) in [5.41, 5.74) is 4.03. The molecule has 2 heterocycles. The molecule has 0 N–H and O–H groups in total. The molecule has 0 atom stereocenters.